The average molecular weight is 280 g/mol. The monoisotopic (exact) mass is 280 g/mol. The van der Waals surface area contributed by atoms with Crippen LogP contribution in [0.4, 0.5) is 0 Å². The van der Waals surface area contributed by atoms with Crippen molar-refractivity contribution < 1.29 is 9.47 Å². The van der Waals surface area contributed by atoms with E-state index in [1.165, 1.54) is 5.56 Å². The Labute approximate surface area is 122 Å². The number of nitrogens with zero attached hydrogens (tertiary/aromatic N) is 1. The van der Waals surface area contributed by atoms with Crippen LogP contribution in [0.2, 0.25) is 0 Å². The van der Waals surface area contributed by atoms with E-state index in [1.807, 2.05) is 13.1 Å². The third-order valence-electron chi connectivity index (χ3n) is 3.05. The van der Waals surface area contributed by atoms with Crippen LogP contribution in [0, 0.1) is 0 Å². The Balaban J connectivity index is 2.59. The minimum Gasteiger partial charge on any atom is -0.492 e. The van der Waals surface area contributed by atoms with Gasteiger partial charge in [0, 0.05) is 25.5 Å². The Morgan fingerprint density at radius 3 is 2.75 bits per heavy atom. The maximum atomic E-state index is 5.65. The van der Waals surface area contributed by atoms with Gasteiger partial charge in [-0.2, -0.15) is 0 Å². The first-order valence-corrected chi connectivity index (χ1v) is 7.70. The molecule has 4 heteroatoms. The van der Waals surface area contributed by atoms with E-state index < -0.39 is 0 Å². The van der Waals surface area contributed by atoms with Crippen molar-refractivity contribution in [1.29, 1.82) is 0 Å². The minimum atomic E-state index is 0.318. The molecule has 0 aromatic carbocycles. The molecule has 0 bridgehead atoms. The molecule has 1 N–H and O–H groups in total. The topological polar surface area (TPSA) is 43.4 Å². The highest BCUT2D eigenvalue weighted by atomic mass is 16.5. The highest BCUT2D eigenvalue weighted by molar-refractivity contribution is 5.26. The fraction of sp³-hybridized carbons (Fsp3) is 0.688. The second-order valence-electron chi connectivity index (χ2n) is 4.75. The van der Waals surface area contributed by atoms with Gasteiger partial charge >= 0.3 is 0 Å². The zero-order valence-electron chi connectivity index (χ0n) is 13.0. The predicted molar refractivity (Wildman–Crippen MR) is 82.2 cm³/mol. The highest BCUT2D eigenvalue weighted by Crippen LogP contribution is 2.21. The van der Waals surface area contributed by atoms with Crippen LogP contribution < -0.4 is 10.1 Å². The van der Waals surface area contributed by atoms with Crippen molar-refractivity contribution in [2.24, 2.45) is 0 Å². The van der Waals surface area contributed by atoms with E-state index in [-0.39, 0.29) is 0 Å². The number of hydrogen-bond donors (Lipinski definition) is 1. The lowest BCUT2D eigenvalue weighted by Crippen LogP contribution is -2.21. The molecule has 114 valence electrons. The summed E-state index contributed by atoms with van der Waals surface area (Å²) in [4.78, 5) is 4.29. The summed E-state index contributed by atoms with van der Waals surface area (Å²) in [5.41, 5.74) is 1.19. The van der Waals surface area contributed by atoms with Gasteiger partial charge in [-0.05, 0) is 44.4 Å². The molecule has 0 radical (unpaired) electrons. The molecule has 1 aromatic heterocycles. The van der Waals surface area contributed by atoms with Crippen molar-refractivity contribution in [3.05, 3.63) is 24.0 Å². The molecule has 0 saturated heterocycles. The fourth-order valence-electron chi connectivity index (χ4n) is 2.09. The largest absolute Gasteiger partial charge is 0.492 e. The molecule has 0 aliphatic rings. The van der Waals surface area contributed by atoms with Crippen molar-refractivity contribution in [2.45, 2.75) is 46.1 Å². The number of pyridine rings is 1. The van der Waals surface area contributed by atoms with Gasteiger partial charge in [-0.3, -0.25) is 4.98 Å². The molecule has 1 unspecified atom stereocenters. The minimum absolute atomic E-state index is 0.318. The molecule has 4 nitrogen and oxygen atoms in total. The van der Waals surface area contributed by atoms with E-state index in [0.29, 0.717) is 6.04 Å². The first kappa shape index (κ1) is 16.9. The first-order valence-electron chi connectivity index (χ1n) is 7.70. The summed E-state index contributed by atoms with van der Waals surface area (Å²) in [5, 5.41) is 3.51. The Kier molecular flexibility index (Phi) is 9.00. The van der Waals surface area contributed by atoms with Gasteiger partial charge in [-0.15, -0.1) is 0 Å². The maximum Gasteiger partial charge on any atom is 0.137 e. The first-order chi connectivity index (χ1) is 9.81. The number of hydrogen-bond acceptors (Lipinski definition) is 4. The van der Waals surface area contributed by atoms with E-state index in [0.717, 1.165) is 51.4 Å². The van der Waals surface area contributed by atoms with Crippen molar-refractivity contribution >= 4 is 0 Å². The van der Waals surface area contributed by atoms with E-state index in [4.69, 9.17) is 9.47 Å². The van der Waals surface area contributed by atoms with Gasteiger partial charge in [-0.1, -0.05) is 13.8 Å². The summed E-state index contributed by atoms with van der Waals surface area (Å²) in [6.45, 7) is 9.54. The quantitative estimate of drug-likeness (QED) is 0.631. The van der Waals surface area contributed by atoms with Crippen molar-refractivity contribution in [1.82, 2.24) is 10.3 Å². The third-order valence-corrected chi connectivity index (χ3v) is 3.05. The van der Waals surface area contributed by atoms with Crippen LogP contribution in [0.5, 0.6) is 5.75 Å². The zero-order valence-corrected chi connectivity index (χ0v) is 13.0. The van der Waals surface area contributed by atoms with Crippen LogP contribution in [0.3, 0.4) is 0 Å². The SMILES string of the molecule is CCCOc1cncc(C(CCCOCC)NCC)c1. The molecule has 1 atom stereocenters. The third kappa shape index (κ3) is 6.35. The molecule has 0 aliphatic carbocycles. The molecule has 0 amide bonds. The Hall–Kier alpha value is -1.13. The summed E-state index contributed by atoms with van der Waals surface area (Å²) >= 11 is 0. The molecular formula is C16H28N2O2. The van der Waals surface area contributed by atoms with Crippen molar-refractivity contribution in [3.8, 4) is 5.75 Å². The van der Waals surface area contributed by atoms with Crippen LogP contribution in [-0.4, -0.2) is 31.3 Å². The number of aromatic nitrogens is 1. The van der Waals surface area contributed by atoms with Crippen LogP contribution in [0.1, 0.15) is 51.6 Å². The molecule has 0 spiro atoms. The van der Waals surface area contributed by atoms with E-state index in [2.05, 4.69) is 30.2 Å². The van der Waals surface area contributed by atoms with Gasteiger partial charge in [0.2, 0.25) is 0 Å². The summed E-state index contributed by atoms with van der Waals surface area (Å²) in [5.74, 6) is 0.858. The van der Waals surface area contributed by atoms with Gasteiger partial charge in [0.1, 0.15) is 5.75 Å². The van der Waals surface area contributed by atoms with Crippen LogP contribution in [0.25, 0.3) is 0 Å². The van der Waals surface area contributed by atoms with Crippen molar-refractivity contribution in [2.75, 3.05) is 26.4 Å². The fourth-order valence-corrected chi connectivity index (χ4v) is 2.09. The van der Waals surface area contributed by atoms with Crippen LogP contribution in [0.15, 0.2) is 18.5 Å². The summed E-state index contributed by atoms with van der Waals surface area (Å²) < 4.78 is 11.1. The molecular weight excluding hydrogens is 252 g/mol. The second kappa shape index (κ2) is 10.6. The van der Waals surface area contributed by atoms with Gasteiger partial charge in [0.25, 0.3) is 0 Å². The Morgan fingerprint density at radius 1 is 1.20 bits per heavy atom. The smallest absolute Gasteiger partial charge is 0.137 e. The maximum absolute atomic E-state index is 5.65. The zero-order chi connectivity index (χ0) is 14.6. The van der Waals surface area contributed by atoms with Crippen LogP contribution >= 0.6 is 0 Å². The van der Waals surface area contributed by atoms with E-state index in [1.54, 1.807) is 6.20 Å². The van der Waals surface area contributed by atoms with Gasteiger partial charge < -0.3 is 14.8 Å². The normalized spacial score (nSPS) is 12.3. The molecule has 20 heavy (non-hydrogen) atoms. The predicted octanol–water partition coefficient (Wildman–Crippen LogP) is 3.34. The Morgan fingerprint density at radius 2 is 2.05 bits per heavy atom. The lowest BCUT2D eigenvalue weighted by molar-refractivity contribution is 0.141. The highest BCUT2D eigenvalue weighted by Gasteiger charge is 2.11. The van der Waals surface area contributed by atoms with Gasteiger partial charge in [0.15, 0.2) is 0 Å². The van der Waals surface area contributed by atoms with Crippen molar-refractivity contribution in [3.63, 3.8) is 0 Å². The van der Waals surface area contributed by atoms with Crippen LogP contribution in [-0.2, 0) is 4.74 Å². The number of rotatable bonds is 11. The summed E-state index contributed by atoms with van der Waals surface area (Å²) in [6, 6.07) is 2.41. The molecule has 1 heterocycles. The molecule has 0 aliphatic heterocycles. The second-order valence-corrected chi connectivity index (χ2v) is 4.75. The Bertz CT molecular complexity index is 358. The molecule has 0 fully saturated rings. The molecule has 1 aromatic rings. The lowest BCUT2D eigenvalue weighted by atomic mass is 10.0. The average Bonchev–Trinajstić information content (AvgIpc) is 2.48. The van der Waals surface area contributed by atoms with E-state index in [9.17, 15) is 0 Å². The number of ether oxygens (including phenoxy) is 2. The number of nitrogens with one attached hydrogen (secondary N) is 1. The summed E-state index contributed by atoms with van der Waals surface area (Å²) in [7, 11) is 0. The van der Waals surface area contributed by atoms with Gasteiger partial charge in [-0.25, -0.2) is 0 Å². The summed E-state index contributed by atoms with van der Waals surface area (Å²) in [6.07, 6.45) is 6.81. The molecule has 0 saturated carbocycles. The standard InChI is InChI=1S/C16H28N2O2/c1-4-9-20-15-11-14(12-17-13-15)16(18-5-2)8-7-10-19-6-3/h11-13,16,18H,4-10H2,1-3H3. The van der Waals surface area contributed by atoms with E-state index >= 15 is 0 Å². The lowest BCUT2D eigenvalue weighted by Gasteiger charge is -2.18. The van der Waals surface area contributed by atoms with Gasteiger partial charge in [0.05, 0.1) is 12.8 Å². The molecule has 1 rings (SSSR count).